The molecule has 1 heterocycles. The zero-order chi connectivity index (χ0) is 19.4. The Morgan fingerprint density at radius 3 is 2.11 bits per heavy atom. The molecule has 0 fully saturated rings. The number of hydrazine groups is 1. The number of fused-ring (bicyclic) bond motifs is 1. The first-order chi connectivity index (χ1) is 13.1. The molecule has 2 aromatic carbocycles. The largest absolute Gasteiger partial charge is 0.493 e. The van der Waals surface area contributed by atoms with Crippen molar-refractivity contribution in [2.24, 2.45) is 0 Å². The second kappa shape index (κ2) is 7.65. The van der Waals surface area contributed by atoms with E-state index >= 15 is 0 Å². The van der Waals surface area contributed by atoms with E-state index in [2.05, 4.69) is 20.8 Å². The number of imidazole rings is 1. The van der Waals surface area contributed by atoms with E-state index in [1.165, 1.54) is 33.5 Å². The fourth-order valence-corrected chi connectivity index (χ4v) is 2.55. The van der Waals surface area contributed by atoms with Gasteiger partial charge in [0.15, 0.2) is 11.5 Å². The zero-order valence-electron chi connectivity index (χ0n) is 15.0. The average Bonchev–Trinajstić information content (AvgIpc) is 3.18. The van der Waals surface area contributed by atoms with E-state index < -0.39 is 11.8 Å². The molecule has 9 heteroatoms. The first-order valence-corrected chi connectivity index (χ1v) is 7.91. The minimum atomic E-state index is -0.537. The van der Waals surface area contributed by atoms with Crippen LogP contribution in [0.15, 0.2) is 36.7 Å². The summed E-state index contributed by atoms with van der Waals surface area (Å²) in [7, 11) is 4.37. The van der Waals surface area contributed by atoms with Gasteiger partial charge in [0, 0.05) is 11.1 Å². The maximum absolute atomic E-state index is 12.4. The van der Waals surface area contributed by atoms with Gasteiger partial charge in [-0.05, 0) is 30.3 Å². The molecule has 1 aromatic heterocycles. The molecule has 0 aliphatic rings. The molecule has 3 aromatic rings. The molecule has 0 bridgehead atoms. The lowest BCUT2D eigenvalue weighted by Gasteiger charge is -2.14. The lowest BCUT2D eigenvalue weighted by Crippen LogP contribution is -2.41. The predicted molar refractivity (Wildman–Crippen MR) is 97.1 cm³/mol. The third-order valence-electron chi connectivity index (χ3n) is 3.90. The Hall–Kier alpha value is -3.75. The number of methoxy groups -OCH3 is 3. The van der Waals surface area contributed by atoms with Crippen LogP contribution < -0.4 is 25.1 Å². The summed E-state index contributed by atoms with van der Waals surface area (Å²) in [6, 6.07) is 7.94. The summed E-state index contributed by atoms with van der Waals surface area (Å²) in [5, 5.41) is 0. The molecular weight excluding hydrogens is 352 g/mol. The van der Waals surface area contributed by atoms with E-state index in [0.717, 1.165) is 11.0 Å². The summed E-state index contributed by atoms with van der Waals surface area (Å²) in [6.07, 6.45) is 1.54. The van der Waals surface area contributed by atoms with Gasteiger partial charge in [0.25, 0.3) is 11.8 Å². The highest BCUT2D eigenvalue weighted by Crippen LogP contribution is 2.38. The second-order valence-corrected chi connectivity index (χ2v) is 5.46. The molecule has 0 atom stereocenters. The number of carbonyl (C=O) groups excluding carboxylic acids is 2. The van der Waals surface area contributed by atoms with Gasteiger partial charge in [0.2, 0.25) is 5.75 Å². The number of H-pyrrole nitrogens is 1. The number of amides is 2. The highest BCUT2D eigenvalue weighted by Gasteiger charge is 2.17. The molecule has 0 aliphatic carbocycles. The van der Waals surface area contributed by atoms with Gasteiger partial charge in [-0.15, -0.1) is 0 Å². The van der Waals surface area contributed by atoms with Gasteiger partial charge >= 0.3 is 0 Å². The van der Waals surface area contributed by atoms with Crippen molar-refractivity contribution in [3.05, 3.63) is 47.8 Å². The number of hydrogen-bond donors (Lipinski definition) is 3. The number of nitrogens with one attached hydrogen (secondary N) is 3. The Labute approximate surface area is 154 Å². The molecule has 0 unspecified atom stereocenters. The number of aromatic nitrogens is 2. The zero-order valence-corrected chi connectivity index (χ0v) is 15.0. The Kier molecular flexibility index (Phi) is 5.11. The van der Waals surface area contributed by atoms with Crippen molar-refractivity contribution >= 4 is 22.8 Å². The summed E-state index contributed by atoms with van der Waals surface area (Å²) in [6.45, 7) is 0. The number of benzene rings is 2. The van der Waals surface area contributed by atoms with E-state index in [9.17, 15) is 9.59 Å². The normalized spacial score (nSPS) is 10.3. The second-order valence-electron chi connectivity index (χ2n) is 5.46. The summed E-state index contributed by atoms with van der Waals surface area (Å²) in [5.74, 6) is 0.0296. The summed E-state index contributed by atoms with van der Waals surface area (Å²) in [4.78, 5) is 31.7. The van der Waals surface area contributed by atoms with Crippen molar-refractivity contribution in [3.63, 3.8) is 0 Å². The van der Waals surface area contributed by atoms with Crippen molar-refractivity contribution in [1.82, 2.24) is 20.8 Å². The van der Waals surface area contributed by atoms with Crippen molar-refractivity contribution in [2.45, 2.75) is 0 Å². The van der Waals surface area contributed by atoms with Crippen LogP contribution in [-0.2, 0) is 0 Å². The Morgan fingerprint density at radius 2 is 1.52 bits per heavy atom. The van der Waals surface area contributed by atoms with E-state index in [-0.39, 0.29) is 5.56 Å². The molecule has 3 N–H and O–H groups in total. The van der Waals surface area contributed by atoms with Gasteiger partial charge in [-0.25, -0.2) is 4.98 Å². The van der Waals surface area contributed by atoms with Gasteiger partial charge in [0.05, 0.1) is 38.7 Å². The Morgan fingerprint density at radius 1 is 0.889 bits per heavy atom. The fraction of sp³-hybridized carbons (Fsp3) is 0.167. The summed E-state index contributed by atoms with van der Waals surface area (Å²) in [5.41, 5.74) is 6.80. The van der Waals surface area contributed by atoms with Crippen LogP contribution in [-0.4, -0.2) is 43.1 Å². The van der Waals surface area contributed by atoms with Crippen LogP contribution in [0.3, 0.4) is 0 Å². The molecule has 0 saturated heterocycles. The fourth-order valence-electron chi connectivity index (χ4n) is 2.55. The van der Waals surface area contributed by atoms with E-state index in [1.54, 1.807) is 24.5 Å². The quantitative estimate of drug-likeness (QED) is 0.589. The summed E-state index contributed by atoms with van der Waals surface area (Å²) < 4.78 is 15.6. The first kappa shape index (κ1) is 18.1. The number of rotatable bonds is 5. The monoisotopic (exact) mass is 370 g/mol. The smallest absolute Gasteiger partial charge is 0.269 e. The van der Waals surface area contributed by atoms with Crippen molar-refractivity contribution in [3.8, 4) is 17.2 Å². The van der Waals surface area contributed by atoms with Crippen molar-refractivity contribution < 1.29 is 23.8 Å². The molecule has 9 nitrogen and oxygen atoms in total. The highest BCUT2D eigenvalue weighted by molar-refractivity contribution is 6.01. The Bertz CT molecular complexity index is 973. The van der Waals surface area contributed by atoms with Crippen LogP contribution in [0.2, 0.25) is 0 Å². The van der Waals surface area contributed by atoms with Gasteiger partial charge in [-0.1, -0.05) is 0 Å². The van der Waals surface area contributed by atoms with Crippen LogP contribution in [0.25, 0.3) is 11.0 Å². The van der Waals surface area contributed by atoms with Crippen molar-refractivity contribution in [2.75, 3.05) is 21.3 Å². The highest BCUT2D eigenvalue weighted by atomic mass is 16.5. The maximum atomic E-state index is 12.4. The van der Waals surface area contributed by atoms with E-state index in [0.29, 0.717) is 22.8 Å². The molecule has 0 radical (unpaired) electrons. The number of carbonyl (C=O) groups is 2. The number of hydrogen-bond acceptors (Lipinski definition) is 6. The third kappa shape index (κ3) is 3.61. The first-order valence-electron chi connectivity index (χ1n) is 7.91. The molecule has 27 heavy (non-hydrogen) atoms. The van der Waals surface area contributed by atoms with Crippen molar-refractivity contribution in [1.29, 1.82) is 0 Å². The van der Waals surface area contributed by atoms with Gasteiger partial charge in [-0.3, -0.25) is 20.4 Å². The SMILES string of the molecule is COc1cc(C(=O)NNC(=O)c2ccc3nc[nH]c3c2)cc(OC)c1OC. The van der Waals surface area contributed by atoms with Gasteiger partial charge in [0.1, 0.15) is 0 Å². The lowest BCUT2D eigenvalue weighted by molar-refractivity contribution is 0.0846. The Balaban J connectivity index is 1.74. The molecule has 140 valence electrons. The van der Waals surface area contributed by atoms with Crippen LogP contribution >= 0.6 is 0 Å². The predicted octanol–water partition coefficient (Wildman–Crippen LogP) is 1.66. The minimum Gasteiger partial charge on any atom is -0.493 e. The molecule has 0 aliphatic heterocycles. The van der Waals surface area contributed by atoms with Crippen LogP contribution in [0, 0.1) is 0 Å². The molecule has 2 amide bonds. The lowest BCUT2D eigenvalue weighted by atomic mass is 10.1. The summed E-state index contributed by atoms with van der Waals surface area (Å²) >= 11 is 0. The third-order valence-corrected chi connectivity index (χ3v) is 3.90. The van der Waals surface area contributed by atoms with Crippen LogP contribution in [0.1, 0.15) is 20.7 Å². The standard InChI is InChI=1S/C18H18N4O5/c1-25-14-7-11(8-15(26-2)16(14)27-3)18(24)22-21-17(23)10-4-5-12-13(6-10)20-9-19-12/h4-9H,1-3H3,(H,19,20)(H,21,23)(H,22,24). The number of ether oxygens (including phenoxy) is 3. The minimum absolute atomic E-state index is 0.230. The number of aromatic amines is 1. The van der Waals surface area contributed by atoms with Gasteiger partial charge < -0.3 is 19.2 Å². The van der Waals surface area contributed by atoms with Crippen LogP contribution in [0.5, 0.6) is 17.2 Å². The van der Waals surface area contributed by atoms with Gasteiger partial charge in [-0.2, -0.15) is 0 Å². The molecule has 3 rings (SSSR count). The molecular formula is C18H18N4O5. The average molecular weight is 370 g/mol. The maximum Gasteiger partial charge on any atom is 0.269 e. The molecule has 0 saturated carbocycles. The number of nitrogens with zero attached hydrogens (tertiary/aromatic N) is 1. The van der Waals surface area contributed by atoms with Crippen LogP contribution in [0.4, 0.5) is 0 Å². The van der Waals surface area contributed by atoms with E-state index in [4.69, 9.17) is 14.2 Å². The molecule has 0 spiro atoms. The topological polar surface area (TPSA) is 115 Å². The van der Waals surface area contributed by atoms with E-state index in [1.807, 2.05) is 0 Å².